The normalized spacial score (nSPS) is 14.3. The number of esters is 1. The molecule has 136 valence electrons. The molecule has 0 heterocycles. The first-order chi connectivity index (χ1) is 11.0. The van der Waals surface area contributed by atoms with Crippen LogP contribution in [0.25, 0.3) is 0 Å². The van der Waals surface area contributed by atoms with Gasteiger partial charge in [0.2, 0.25) is 0 Å². The molecule has 0 fully saturated rings. The lowest BCUT2D eigenvalue weighted by Gasteiger charge is -2.33. The molecular weight excluding hydrogens is 345 g/mol. The first-order valence-corrected chi connectivity index (χ1v) is 7.03. The van der Waals surface area contributed by atoms with Crippen molar-refractivity contribution in [3.63, 3.8) is 0 Å². The Morgan fingerprint density at radius 3 is 2.12 bits per heavy atom. The molecule has 0 bridgehead atoms. The molecule has 0 aromatic heterocycles. The van der Waals surface area contributed by atoms with E-state index < -0.39 is 42.1 Å². The number of carbonyl (C=O) groups is 1. The van der Waals surface area contributed by atoms with Crippen molar-refractivity contribution in [3.8, 4) is 5.75 Å². The Kier molecular flexibility index (Phi) is 6.24. The van der Waals surface area contributed by atoms with Gasteiger partial charge in [0.05, 0.1) is 0 Å². The average molecular weight is 360 g/mol. The fraction of sp³-hybridized carbons (Fsp3) is 0.533. The second kappa shape index (κ2) is 7.40. The number of benzene rings is 1. The molecule has 1 rings (SSSR count). The third-order valence-electron chi connectivity index (χ3n) is 3.23. The van der Waals surface area contributed by atoms with Crippen molar-refractivity contribution in [2.75, 3.05) is 0 Å². The predicted octanol–water partition coefficient (Wildman–Crippen LogP) is 5.03. The number of halogens is 7. The summed E-state index contributed by atoms with van der Waals surface area (Å²) in [7, 11) is 0. The van der Waals surface area contributed by atoms with Gasteiger partial charge in [0.25, 0.3) is 0 Å². The van der Waals surface area contributed by atoms with Gasteiger partial charge in [-0.25, -0.2) is 9.18 Å². The van der Waals surface area contributed by atoms with Crippen molar-refractivity contribution in [2.45, 2.75) is 50.1 Å². The summed E-state index contributed by atoms with van der Waals surface area (Å²) < 4.78 is 98.7. The van der Waals surface area contributed by atoms with Gasteiger partial charge in [0, 0.05) is 0 Å². The van der Waals surface area contributed by atoms with Crippen molar-refractivity contribution < 1.29 is 40.3 Å². The van der Waals surface area contributed by atoms with Crippen LogP contribution in [-0.2, 0) is 4.79 Å². The molecule has 1 aromatic carbocycles. The van der Waals surface area contributed by atoms with Gasteiger partial charge in [-0.3, -0.25) is 0 Å². The third kappa shape index (κ3) is 3.81. The Morgan fingerprint density at radius 2 is 1.62 bits per heavy atom. The van der Waals surface area contributed by atoms with Gasteiger partial charge >= 0.3 is 23.7 Å². The van der Waals surface area contributed by atoms with E-state index >= 15 is 0 Å². The number of hydrogen-bond donors (Lipinski definition) is 0. The molecule has 9 heteroatoms. The molecule has 0 aliphatic rings. The Balaban J connectivity index is 3.02. The van der Waals surface area contributed by atoms with Crippen molar-refractivity contribution in [1.29, 1.82) is 0 Å². The number of hydrogen-bond acceptors (Lipinski definition) is 2. The van der Waals surface area contributed by atoms with Crippen LogP contribution in [0.4, 0.5) is 30.7 Å². The molecule has 0 aliphatic carbocycles. The number of alkyl halides is 7. The third-order valence-corrected chi connectivity index (χ3v) is 3.23. The molecule has 0 saturated carbocycles. The van der Waals surface area contributed by atoms with Crippen LogP contribution in [0.5, 0.6) is 5.75 Å². The Bertz CT molecular complexity index is 546. The maximum Gasteiger partial charge on any atom is 0.411 e. The number of unbranched alkanes of at least 4 members (excludes halogenated alkanes) is 1. The molecule has 1 aromatic rings. The van der Waals surface area contributed by atoms with E-state index in [0.29, 0.717) is 0 Å². The Labute approximate surface area is 133 Å². The van der Waals surface area contributed by atoms with Crippen LogP contribution >= 0.6 is 0 Å². The van der Waals surface area contributed by atoms with Crippen LogP contribution in [0.3, 0.4) is 0 Å². The van der Waals surface area contributed by atoms with Gasteiger partial charge in [0.1, 0.15) is 5.75 Å². The lowest BCUT2D eigenvalue weighted by atomic mass is 9.97. The van der Waals surface area contributed by atoms with E-state index in [1.54, 1.807) is 0 Å². The highest BCUT2D eigenvalue weighted by atomic mass is 19.3. The van der Waals surface area contributed by atoms with E-state index in [1.807, 2.05) is 0 Å². The van der Waals surface area contributed by atoms with E-state index in [-0.39, 0.29) is 12.8 Å². The molecule has 0 spiro atoms. The predicted molar refractivity (Wildman–Crippen MR) is 71.3 cm³/mol. The standard InChI is InChI=1S/C15H15F7O2/c1-2-3-9-11(16)13(17,18)15(21,22)14(19,20)12(23)24-10-7-5-4-6-8-10/h4-8,11H,2-3,9H2,1H3. The molecule has 0 aliphatic heterocycles. The summed E-state index contributed by atoms with van der Waals surface area (Å²) >= 11 is 0. The van der Waals surface area contributed by atoms with Crippen LogP contribution in [-0.4, -0.2) is 29.9 Å². The highest BCUT2D eigenvalue weighted by molar-refractivity contribution is 5.81. The smallest absolute Gasteiger partial charge is 0.411 e. The molecular formula is C15H15F7O2. The minimum Gasteiger partial charge on any atom is -0.422 e. The Morgan fingerprint density at radius 1 is 1.08 bits per heavy atom. The van der Waals surface area contributed by atoms with Crippen LogP contribution in [0.2, 0.25) is 0 Å². The summed E-state index contributed by atoms with van der Waals surface area (Å²) in [4.78, 5) is 11.3. The SMILES string of the molecule is CCCCC(F)C(F)(F)C(F)(F)C(F)(F)C(=O)Oc1ccccc1. The van der Waals surface area contributed by atoms with Gasteiger partial charge in [0.15, 0.2) is 6.17 Å². The van der Waals surface area contributed by atoms with Crippen molar-refractivity contribution in [1.82, 2.24) is 0 Å². The lowest BCUT2D eigenvalue weighted by Crippen LogP contribution is -2.62. The highest BCUT2D eigenvalue weighted by Crippen LogP contribution is 2.49. The summed E-state index contributed by atoms with van der Waals surface area (Å²) in [6.45, 7) is 1.48. The summed E-state index contributed by atoms with van der Waals surface area (Å²) in [5, 5.41) is 0. The number of ether oxygens (including phenoxy) is 1. The molecule has 0 radical (unpaired) electrons. The van der Waals surface area contributed by atoms with Crippen LogP contribution in [0.1, 0.15) is 26.2 Å². The average Bonchev–Trinajstić information content (AvgIpc) is 2.52. The van der Waals surface area contributed by atoms with E-state index in [2.05, 4.69) is 4.74 Å². The maximum absolute atomic E-state index is 13.6. The number of para-hydroxylation sites is 1. The fourth-order valence-corrected chi connectivity index (χ4v) is 1.76. The molecule has 0 saturated heterocycles. The summed E-state index contributed by atoms with van der Waals surface area (Å²) in [6.07, 6.45) is -4.56. The quantitative estimate of drug-likeness (QED) is 0.369. The monoisotopic (exact) mass is 360 g/mol. The summed E-state index contributed by atoms with van der Waals surface area (Å²) in [5.41, 5.74) is 0. The van der Waals surface area contributed by atoms with Crippen molar-refractivity contribution >= 4 is 5.97 Å². The highest BCUT2D eigenvalue weighted by Gasteiger charge is 2.78. The van der Waals surface area contributed by atoms with Crippen molar-refractivity contribution in [2.24, 2.45) is 0 Å². The van der Waals surface area contributed by atoms with E-state index in [0.717, 1.165) is 12.1 Å². The van der Waals surface area contributed by atoms with Crippen LogP contribution in [0, 0.1) is 0 Å². The van der Waals surface area contributed by atoms with E-state index in [9.17, 15) is 35.5 Å². The van der Waals surface area contributed by atoms with E-state index in [4.69, 9.17) is 0 Å². The Hall–Kier alpha value is -1.80. The largest absolute Gasteiger partial charge is 0.422 e. The number of rotatable bonds is 8. The summed E-state index contributed by atoms with van der Waals surface area (Å²) in [5.74, 6) is -21.3. The van der Waals surface area contributed by atoms with Gasteiger partial charge in [-0.05, 0) is 18.6 Å². The summed E-state index contributed by atoms with van der Waals surface area (Å²) in [6, 6.07) is 5.89. The topological polar surface area (TPSA) is 26.3 Å². The van der Waals surface area contributed by atoms with Gasteiger partial charge < -0.3 is 4.74 Å². The first kappa shape index (κ1) is 20.2. The van der Waals surface area contributed by atoms with Crippen LogP contribution in [0.15, 0.2) is 30.3 Å². The van der Waals surface area contributed by atoms with E-state index in [1.165, 1.54) is 25.1 Å². The molecule has 24 heavy (non-hydrogen) atoms. The fourth-order valence-electron chi connectivity index (χ4n) is 1.76. The minimum atomic E-state index is -6.25. The van der Waals surface area contributed by atoms with Gasteiger partial charge in [-0.2, -0.15) is 26.3 Å². The van der Waals surface area contributed by atoms with Crippen LogP contribution < -0.4 is 4.74 Å². The zero-order valence-electron chi connectivity index (χ0n) is 12.5. The lowest BCUT2D eigenvalue weighted by molar-refractivity contribution is -0.318. The molecule has 0 amide bonds. The van der Waals surface area contributed by atoms with Gasteiger partial charge in [-0.1, -0.05) is 38.0 Å². The van der Waals surface area contributed by atoms with Crippen molar-refractivity contribution in [3.05, 3.63) is 30.3 Å². The first-order valence-electron chi connectivity index (χ1n) is 7.03. The van der Waals surface area contributed by atoms with Gasteiger partial charge in [-0.15, -0.1) is 0 Å². The minimum absolute atomic E-state index is 0.202. The second-order valence-electron chi connectivity index (χ2n) is 5.08. The molecule has 1 unspecified atom stereocenters. The maximum atomic E-state index is 13.6. The molecule has 1 atom stereocenters. The second-order valence-corrected chi connectivity index (χ2v) is 5.08. The molecule has 0 N–H and O–H groups in total. The molecule has 2 nitrogen and oxygen atoms in total. The number of carbonyl (C=O) groups excluding carboxylic acids is 1. The zero-order chi connectivity index (χ0) is 18.6. The zero-order valence-corrected chi connectivity index (χ0v) is 12.5.